The predicted octanol–water partition coefficient (Wildman–Crippen LogP) is 2.56. The molecule has 0 spiro atoms. The number of halogens is 2. The first-order valence-electron chi connectivity index (χ1n) is 5.63. The van der Waals surface area contributed by atoms with Crippen LogP contribution in [-0.2, 0) is 13.0 Å². The Morgan fingerprint density at radius 2 is 2.11 bits per heavy atom. The van der Waals surface area contributed by atoms with Crippen molar-refractivity contribution < 1.29 is 5.11 Å². The lowest BCUT2D eigenvalue weighted by atomic mass is 10.2. The maximum atomic E-state index is 8.75. The molecule has 0 aliphatic heterocycles. The van der Waals surface area contributed by atoms with Crippen LogP contribution >= 0.6 is 23.2 Å². The molecule has 0 aliphatic rings. The fraction of sp³-hybridized carbons (Fsp3) is 0.333. The summed E-state index contributed by atoms with van der Waals surface area (Å²) in [6.45, 7) is 0.693. The van der Waals surface area contributed by atoms with Crippen molar-refractivity contribution in [3.63, 3.8) is 0 Å². The van der Waals surface area contributed by atoms with E-state index in [-0.39, 0.29) is 6.61 Å². The number of aromatic nitrogens is 3. The molecule has 0 unspecified atom stereocenters. The predicted molar refractivity (Wildman–Crippen MR) is 71.0 cm³/mol. The minimum Gasteiger partial charge on any atom is -0.396 e. The molecule has 0 aliphatic carbocycles. The number of benzene rings is 1. The van der Waals surface area contributed by atoms with Crippen molar-refractivity contribution in [1.29, 1.82) is 0 Å². The molecule has 0 atom stereocenters. The number of rotatable bonds is 5. The average molecular weight is 286 g/mol. The molecule has 96 valence electrons. The molecular weight excluding hydrogens is 273 g/mol. The van der Waals surface area contributed by atoms with E-state index in [2.05, 4.69) is 10.3 Å². The van der Waals surface area contributed by atoms with Crippen LogP contribution in [0.2, 0.25) is 10.0 Å². The topological polar surface area (TPSA) is 50.9 Å². The van der Waals surface area contributed by atoms with Crippen LogP contribution in [0.4, 0.5) is 0 Å². The third kappa shape index (κ3) is 3.45. The van der Waals surface area contributed by atoms with Gasteiger partial charge in [-0.1, -0.05) is 28.4 Å². The first-order valence-corrected chi connectivity index (χ1v) is 6.38. The van der Waals surface area contributed by atoms with Gasteiger partial charge < -0.3 is 5.11 Å². The van der Waals surface area contributed by atoms with Gasteiger partial charge in [0, 0.05) is 22.8 Å². The molecule has 0 radical (unpaired) electrons. The van der Waals surface area contributed by atoms with Gasteiger partial charge >= 0.3 is 0 Å². The van der Waals surface area contributed by atoms with Crippen molar-refractivity contribution in [1.82, 2.24) is 15.0 Å². The van der Waals surface area contributed by atoms with E-state index in [0.29, 0.717) is 23.0 Å². The summed E-state index contributed by atoms with van der Waals surface area (Å²) in [4.78, 5) is 0. The Hall–Kier alpha value is -1.10. The Labute approximate surface area is 115 Å². The van der Waals surface area contributed by atoms with Gasteiger partial charge in [-0.05, 0) is 36.6 Å². The van der Waals surface area contributed by atoms with E-state index < -0.39 is 0 Å². The van der Waals surface area contributed by atoms with Crippen LogP contribution in [-0.4, -0.2) is 26.7 Å². The van der Waals surface area contributed by atoms with E-state index in [1.807, 2.05) is 12.3 Å². The minimum atomic E-state index is 0.160. The largest absolute Gasteiger partial charge is 0.396 e. The Balaban J connectivity index is 2.08. The van der Waals surface area contributed by atoms with Gasteiger partial charge in [0.05, 0.1) is 12.2 Å². The number of aliphatic hydroxyl groups is 1. The molecule has 0 fully saturated rings. The van der Waals surface area contributed by atoms with Crippen LogP contribution < -0.4 is 0 Å². The van der Waals surface area contributed by atoms with Gasteiger partial charge in [-0.3, -0.25) is 0 Å². The zero-order chi connectivity index (χ0) is 13.0. The molecule has 1 N–H and O–H groups in total. The van der Waals surface area contributed by atoms with Crippen LogP contribution in [0, 0.1) is 0 Å². The highest BCUT2D eigenvalue weighted by Crippen LogP contribution is 2.21. The fourth-order valence-electron chi connectivity index (χ4n) is 1.63. The van der Waals surface area contributed by atoms with Gasteiger partial charge in [0.15, 0.2) is 0 Å². The molecule has 1 aromatic heterocycles. The monoisotopic (exact) mass is 285 g/mol. The van der Waals surface area contributed by atoms with Crippen LogP contribution in [0.25, 0.3) is 0 Å². The van der Waals surface area contributed by atoms with Gasteiger partial charge in [0.1, 0.15) is 0 Å². The lowest BCUT2D eigenvalue weighted by Crippen LogP contribution is -2.01. The lowest BCUT2D eigenvalue weighted by Gasteiger charge is -2.04. The Morgan fingerprint density at radius 1 is 1.28 bits per heavy atom. The quantitative estimate of drug-likeness (QED) is 0.919. The third-order valence-electron chi connectivity index (χ3n) is 2.52. The van der Waals surface area contributed by atoms with Crippen molar-refractivity contribution in [3.05, 3.63) is 45.7 Å². The summed E-state index contributed by atoms with van der Waals surface area (Å²) < 4.78 is 1.71. The molecular formula is C12H13Cl2N3O. The van der Waals surface area contributed by atoms with E-state index >= 15 is 0 Å². The summed E-state index contributed by atoms with van der Waals surface area (Å²) in [5, 5.41) is 18.1. The van der Waals surface area contributed by atoms with E-state index in [0.717, 1.165) is 17.7 Å². The Bertz CT molecular complexity index is 528. The number of nitrogens with zero attached hydrogens (tertiary/aromatic N) is 3. The molecule has 2 rings (SSSR count). The number of aliphatic hydroxyl groups excluding tert-OH is 1. The van der Waals surface area contributed by atoms with E-state index in [9.17, 15) is 0 Å². The molecule has 18 heavy (non-hydrogen) atoms. The fourth-order valence-corrected chi connectivity index (χ4v) is 2.00. The summed E-state index contributed by atoms with van der Waals surface area (Å²) in [6.07, 6.45) is 3.27. The summed E-state index contributed by atoms with van der Waals surface area (Å²) in [6, 6.07) is 5.34. The normalized spacial score (nSPS) is 10.8. The van der Waals surface area contributed by atoms with E-state index in [1.165, 1.54) is 0 Å². The standard InChI is InChI=1S/C12H13Cl2N3O/c13-10-3-4-12(14)9(6-10)7-17-8-11(15-16-17)2-1-5-18/h3-4,6,8,18H,1-2,5,7H2. The summed E-state index contributed by atoms with van der Waals surface area (Å²) >= 11 is 12.0. The smallest absolute Gasteiger partial charge is 0.0828 e. The Morgan fingerprint density at radius 3 is 2.89 bits per heavy atom. The first kappa shape index (κ1) is 13.3. The third-order valence-corrected chi connectivity index (χ3v) is 3.12. The minimum absolute atomic E-state index is 0.160. The van der Waals surface area contributed by atoms with Crippen LogP contribution in [0.15, 0.2) is 24.4 Å². The second-order valence-corrected chi connectivity index (χ2v) is 4.81. The second-order valence-electron chi connectivity index (χ2n) is 3.97. The van der Waals surface area contributed by atoms with Crippen LogP contribution in [0.1, 0.15) is 17.7 Å². The van der Waals surface area contributed by atoms with Gasteiger partial charge in [-0.15, -0.1) is 5.10 Å². The highest BCUT2D eigenvalue weighted by molar-refractivity contribution is 6.33. The van der Waals surface area contributed by atoms with Gasteiger partial charge in [0.2, 0.25) is 0 Å². The molecule has 0 amide bonds. The Kier molecular flexibility index (Phi) is 4.58. The molecule has 1 heterocycles. The van der Waals surface area contributed by atoms with Gasteiger partial charge in [-0.25, -0.2) is 4.68 Å². The lowest BCUT2D eigenvalue weighted by molar-refractivity contribution is 0.288. The highest BCUT2D eigenvalue weighted by Gasteiger charge is 2.05. The number of aryl methyl sites for hydroxylation is 1. The van der Waals surface area contributed by atoms with Gasteiger partial charge in [0.25, 0.3) is 0 Å². The molecule has 2 aromatic rings. The molecule has 6 heteroatoms. The highest BCUT2D eigenvalue weighted by atomic mass is 35.5. The number of hydrogen-bond donors (Lipinski definition) is 1. The van der Waals surface area contributed by atoms with Crippen molar-refractivity contribution in [3.8, 4) is 0 Å². The maximum absolute atomic E-state index is 8.75. The molecule has 4 nitrogen and oxygen atoms in total. The molecule has 0 bridgehead atoms. The van der Waals surface area contributed by atoms with Crippen molar-refractivity contribution in [2.75, 3.05) is 6.61 Å². The van der Waals surface area contributed by atoms with Crippen LogP contribution in [0.5, 0.6) is 0 Å². The van der Waals surface area contributed by atoms with Crippen molar-refractivity contribution in [2.45, 2.75) is 19.4 Å². The molecule has 0 saturated heterocycles. The SMILES string of the molecule is OCCCc1cn(Cc2cc(Cl)ccc2Cl)nn1. The average Bonchev–Trinajstić information content (AvgIpc) is 2.79. The van der Waals surface area contributed by atoms with Crippen LogP contribution in [0.3, 0.4) is 0 Å². The first-order chi connectivity index (χ1) is 8.69. The summed E-state index contributed by atoms with van der Waals surface area (Å²) in [5.74, 6) is 0. The maximum Gasteiger partial charge on any atom is 0.0828 e. The zero-order valence-corrected chi connectivity index (χ0v) is 11.2. The zero-order valence-electron chi connectivity index (χ0n) is 9.68. The van der Waals surface area contributed by atoms with Gasteiger partial charge in [-0.2, -0.15) is 0 Å². The van der Waals surface area contributed by atoms with E-state index in [4.69, 9.17) is 28.3 Å². The van der Waals surface area contributed by atoms with Crippen molar-refractivity contribution >= 4 is 23.2 Å². The number of hydrogen-bond acceptors (Lipinski definition) is 3. The van der Waals surface area contributed by atoms with Crippen molar-refractivity contribution in [2.24, 2.45) is 0 Å². The second kappa shape index (κ2) is 6.18. The summed E-state index contributed by atoms with van der Waals surface area (Å²) in [7, 11) is 0. The molecule has 1 aromatic carbocycles. The van der Waals surface area contributed by atoms with E-state index in [1.54, 1.807) is 16.8 Å². The molecule has 0 saturated carbocycles. The summed E-state index contributed by atoms with van der Waals surface area (Å²) in [5.41, 5.74) is 1.77.